The van der Waals surface area contributed by atoms with Crippen molar-refractivity contribution in [2.45, 2.75) is 228 Å². The Balaban J connectivity index is 0.000000138. The van der Waals surface area contributed by atoms with Crippen LogP contribution in [0.25, 0.3) is 132 Å². The number of fused-ring (bicyclic) bond motifs is 6. The maximum Gasteiger partial charge on any atom is 0.223 e. The van der Waals surface area contributed by atoms with E-state index in [1.54, 1.807) is 11.1 Å². The standard InChI is InChI=1S/C29H34NSi.C27H30NSi.C24H30NSi.2C23H29FNSi/c1-19-10-9-11-20(2)28(19)23-12-14-26(21(3)16-23)29-27-15-13-25(31(6,7)8)18-24(27)17-22(4)30(29)5;1-19-16-22(21-10-8-7-9-11-21)12-14-25(19)27-26-15-13-24(29(4,5)6)18-23(26)17-20(2)28(27)3;1-16-12-18-8-7-9-19(18)15-23(16)24-22-11-10-21(26(4,5)6)14-20(22)13-17(2)25(24)3;1-14-11-21(16(3)17(4)22(14)24)23-20-10-9-19(26(6,7)8)13-18(20)12-15(2)25(23)5;1-14-11-15(2)22(24)21(17(14)4)23-20-10-9-19(26(6,7)8)13-18(20)12-16(3)25(23)5/h9-18H,1-8H3;7-18H,1-6H3;10-15H,7-9H2,1-6H3;2*9-13H,1-8H3/q5*+1. The molecular weight excluding hydrogens is 1760 g/mol. The molecule has 1 aliphatic rings. The Morgan fingerprint density at radius 1 is 0.217 bits per heavy atom. The van der Waals surface area contributed by atoms with Crippen LogP contribution in [0.15, 0.2) is 231 Å². The minimum atomic E-state index is -1.40. The first-order valence-corrected chi connectivity index (χ1v) is 67.3. The molecule has 0 N–H and O–H groups in total. The van der Waals surface area contributed by atoms with Crippen LogP contribution < -0.4 is 48.8 Å². The highest BCUT2D eigenvalue weighted by molar-refractivity contribution is 6.90. The van der Waals surface area contributed by atoms with Gasteiger partial charge in [0.1, 0.15) is 46.9 Å². The molecule has 710 valence electrons. The number of aryl methyl sites for hydroxylation is 15. The van der Waals surface area contributed by atoms with Crippen molar-refractivity contribution in [1.82, 2.24) is 0 Å². The second-order valence-electron chi connectivity index (χ2n) is 45.3. The van der Waals surface area contributed by atoms with Gasteiger partial charge in [-0.25, -0.2) is 8.78 Å². The second-order valence-corrected chi connectivity index (χ2v) is 70.7. The molecule has 5 heterocycles. The average molecular weight is 1920 g/mol. The highest BCUT2D eigenvalue weighted by atomic mass is 28.3. The zero-order chi connectivity index (χ0) is 101. The van der Waals surface area contributed by atoms with E-state index in [1.165, 1.54) is 206 Å². The lowest BCUT2D eigenvalue weighted by Crippen LogP contribution is -2.38. The van der Waals surface area contributed by atoms with Gasteiger partial charge < -0.3 is 0 Å². The van der Waals surface area contributed by atoms with E-state index in [0.717, 1.165) is 50.2 Å². The number of rotatable bonds is 12. The lowest BCUT2D eigenvalue weighted by atomic mass is 9.91. The van der Waals surface area contributed by atoms with Gasteiger partial charge in [-0.3, -0.25) is 0 Å². The zero-order valence-electron chi connectivity index (χ0n) is 90.1. The summed E-state index contributed by atoms with van der Waals surface area (Å²) in [4.78, 5) is 0. The van der Waals surface area contributed by atoms with E-state index in [9.17, 15) is 4.39 Å². The molecule has 0 unspecified atom stereocenters. The van der Waals surface area contributed by atoms with Crippen LogP contribution in [0.1, 0.15) is 107 Å². The third-order valence-electron chi connectivity index (χ3n) is 30.0. The van der Waals surface area contributed by atoms with Crippen molar-refractivity contribution in [1.29, 1.82) is 0 Å². The first-order chi connectivity index (χ1) is 64.6. The monoisotopic (exact) mass is 1910 g/mol. The number of halogens is 2. The van der Waals surface area contributed by atoms with Gasteiger partial charge in [-0.1, -0.05) is 270 Å². The highest BCUT2D eigenvalue weighted by Gasteiger charge is 2.33. The number of pyridine rings is 5. The lowest BCUT2D eigenvalue weighted by Gasteiger charge is -2.18. The van der Waals surface area contributed by atoms with E-state index < -0.39 is 40.4 Å². The molecule has 0 bridgehead atoms. The topological polar surface area (TPSA) is 19.4 Å². The van der Waals surface area contributed by atoms with Gasteiger partial charge in [-0.15, -0.1) is 0 Å². The smallest absolute Gasteiger partial charge is 0.206 e. The van der Waals surface area contributed by atoms with Gasteiger partial charge in [-0.2, -0.15) is 22.8 Å². The number of benzene rings is 12. The highest BCUT2D eigenvalue weighted by Crippen LogP contribution is 2.41. The summed E-state index contributed by atoms with van der Waals surface area (Å²) in [5.74, 6) is -0.197. The molecule has 5 nitrogen and oxygen atoms in total. The molecule has 17 aromatic rings. The summed E-state index contributed by atoms with van der Waals surface area (Å²) in [5.41, 5.74) is 38.6. The molecule has 5 aromatic heterocycles. The summed E-state index contributed by atoms with van der Waals surface area (Å²) in [7, 11) is 3.95. The second kappa shape index (κ2) is 39.7. The molecule has 0 atom stereocenters. The number of hydrogen-bond donors (Lipinski definition) is 0. The summed E-state index contributed by atoms with van der Waals surface area (Å²) >= 11 is 0. The molecule has 0 saturated carbocycles. The predicted octanol–water partition coefficient (Wildman–Crippen LogP) is 28.4. The van der Waals surface area contributed by atoms with E-state index >= 15 is 4.39 Å². The predicted molar refractivity (Wildman–Crippen MR) is 606 cm³/mol. The van der Waals surface area contributed by atoms with Crippen molar-refractivity contribution >= 4 is 120 Å². The maximum absolute atomic E-state index is 15.2. The molecule has 0 saturated heterocycles. The Kier molecular flexibility index (Phi) is 29.5. The van der Waals surface area contributed by atoms with Crippen molar-refractivity contribution < 1.29 is 31.6 Å². The molecule has 12 heteroatoms. The normalized spacial score (nSPS) is 12.3. The van der Waals surface area contributed by atoms with Crippen molar-refractivity contribution in [3.63, 3.8) is 0 Å². The van der Waals surface area contributed by atoms with Gasteiger partial charge in [0.15, 0.2) is 28.5 Å². The van der Waals surface area contributed by atoms with Crippen LogP contribution in [0.4, 0.5) is 8.78 Å². The molecule has 0 spiro atoms. The van der Waals surface area contributed by atoms with E-state index in [1.807, 2.05) is 53.8 Å². The first kappa shape index (κ1) is 103. The SMILES string of the molecule is Cc1cc(-c2c(C)cccc2C)ccc1-c1c2ccc([Si](C)(C)C)cc2cc(C)[n+]1C.Cc1cc(-c2c3ccc([Si](C)(C)C)cc3cc(C)[n+]2C)c(C)c(C)c1F.Cc1cc(-c2ccccc2)ccc1-c1c2ccc([Si](C)(C)C)cc2cc(C)[n+]1C.Cc1cc(C)c(F)c(-c2c3ccc([Si](C)(C)C)cc3cc(C)[n+]2C)c1C.Cc1cc2c(cc1-c1c3ccc([Si](C)(C)C)cc3cc(C)[n+]1C)CCC2. The van der Waals surface area contributed by atoms with Gasteiger partial charge in [-0.05, 0) is 272 Å². The average Bonchev–Trinajstić information content (AvgIpc) is 0.766. The van der Waals surface area contributed by atoms with Gasteiger partial charge in [0.05, 0.1) is 84.0 Å². The van der Waals surface area contributed by atoms with Crippen LogP contribution in [-0.2, 0) is 48.1 Å². The minimum absolute atomic E-state index is 0.0909. The number of hydrogen-bond acceptors (Lipinski definition) is 0. The molecule has 0 aliphatic heterocycles. The molecule has 0 fully saturated rings. The Hall–Kier alpha value is -11.4. The van der Waals surface area contributed by atoms with Gasteiger partial charge in [0.2, 0.25) is 28.5 Å². The fourth-order valence-corrected chi connectivity index (χ4v) is 26.4. The van der Waals surface area contributed by atoms with Gasteiger partial charge >= 0.3 is 0 Å². The van der Waals surface area contributed by atoms with E-state index in [-0.39, 0.29) is 11.6 Å². The van der Waals surface area contributed by atoms with Gasteiger partial charge in [0, 0.05) is 76.1 Å². The maximum atomic E-state index is 15.2. The van der Waals surface area contributed by atoms with Gasteiger partial charge in [0.25, 0.3) is 0 Å². The van der Waals surface area contributed by atoms with Crippen molar-refractivity contribution in [2.75, 3.05) is 0 Å². The third-order valence-corrected chi connectivity index (χ3v) is 40.2. The molecular formula is C126H152F2N5Si5+5. The van der Waals surface area contributed by atoms with E-state index in [0.29, 0.717) is 11.1 Å². The fourth-order valence-electron chi connectivity index (χ4n) is 20.6. The largest absolute Gasteiger partial charge is 0.223 e. The molecule has 18 rings (SSSR count). The van der Waals surface area contributed by atoms with Crippen molar-refractivity contribution in [3.05, 3.63) is 343 Å². The quantitative estimate of drug-likeness (QED) is 0.0858. The Bertz CT molecular complexity index is 7650. The van der Waals surface area contributed by atoms with Crippen molar-refractivity contribution in [3.8, 4) is 78.5 Å². The summed E-state index contributed by atoms with van der Waals surface area (Å²) in [6.45, 7) is 69.7. The summed E-state index contributed by atoms with van der Waals surface area (Å²) in [6.07, 6.45) is 3.78. The molecule has 0 amide bonds. The van der Waals surface area contributed by atoms with Crippen molar-refractivity contribution in [2.24, 2.45) is 35.2 Å². The molecule has 12 aromatic carbocycles. The molecule has 1 aliphatic carbocycles. The van der Waals surface area contributed by atoms with Crippen LogP contribution in [-0.4, -0.2) is 40.4 Å². The Labute approximate surface area is 830 Å². The summed E-state index contributed by atoms with van der Waals surface area (Å²) in [6, 6.07) is 86.4. The number of nitrogens with zero attached hydrogens (tertiary/aromatic N) is 5. The third kappa shape index (κ3) is 20.9. The lowest BCUT2D eigenvalue weighted by molar-refractivity contribution is -0.665. The fraction of sp³-hybridized carbons (Fsp3) is 0.310. The van der Waals surface area contributed by atoms with Crippen LogP contribution in [0.5, 0.6) is 0 Å². The van der Waals surface area contributed by atoms with Crippen LogP contribution in [0.2, 0.25) is 98.2 Å². The Morgan fingerprint density at radius 2 is 0.536 bits per heavy atom. The summed E-state index contributed by atoms with van der Waals surface area (Å²) < 4.78 is 41.0. The summed E-state index contributed by atoms with van der Waals surface area (Å²) in [5, 5.41) is 20.4. The van der Waals surface area contributed by atoms with E-state index in [2.05, 4.69) is 444 Å². The van der Waals surface area contributed by atoms with E-state index in [4.69, 9.17) is 0 Å². The first-order valence-electron chi connectivity index (χ1n) is 49.8. The molecule has 0 radical (unpaired) electrons. The van der Waals surface area contributed by atoms with Crippen LogP contribution >= 0.6 is 0 Å². The zero-order valence-corrected chi connectivity index (χ0v) is 95.1. The molecule has 138 heavy (non-hydrogen) atoms. The Morgan fingerprint density at radius 3 is 0.906 bits per heavy atom. The van der Waals surface area contributed by atoms with Crippen LogP contribution in [0, 0.1) is 122 Å². The number of aromatic nitrogens is 5. The minimum Gasteiger partial charge on any atom is -0.206 e. The van der Waals surface area contributed by atoms with Crippen LogP contribution in [0.3, 0.4) is 0 Å².